The number of phenolic OH excluding ortho intramolecular Hbond substituents is 1. The fraction of sp³-hybridized carbons (Fsp3) is 0.320. The van der Waals surface area contributed by atoms with Crippen LogP contribution in [0.3, 0.4) is 0 Å². The largest absolute Gasteiger partial charge is 0.508 e. The van der Waals surface area contributed by atoms with Crippen LogP contribution in [0.25, 0.3) is 39.5 Å². The van der Waals surface area contributed by atoms with E-state index in [-0.39, 0.29) is 5.75 Å². The van der Waals surface area contributed by atoms with Gasteiger partial charge in [-0.2, -0.15) is 5.10 Å². The first-order chi connectivity index (χ1) is 15.0. The molecule has 1 aromatic carbocycles. The SMILES string of the molecule is CC1C=Cc2[nH]c(-c3[nH]ncc3-c3cn(CCCN(C)C)c4ccc(O)cc34)cc2C1. The number of aromatic amines is 2. The Morgan fingerprint density at radius 2 is 2.10 bits per heavy atom. The van der Waals surface area contributed by atoms with Crippen molar-refractivity contribution in [3.05, 3.63) is 54.0 Å². The number of aromatic nitrogens is 4. The van der Waals surface area contributed by atoms with Crippen molar-refractivity contribution in [1.29, 1.82) is 0 Å². The van der Waals surface area contributed by atoms with Crippen molar-refractivity contribution in [3.8, 4) is 28.3 Å². The normalized spacial score (nSPS) is 15.8. The average Bonchev–Trinajstić information content (AvgIpc) is 3.43. The van der Waals surface area contributed by atoms with Gasteiger partial charge in [0.15, 0.2) is 0 Å². The summed E-state index contributed by atoms with van der Waals surface area (Å²) in [6, 6.07) is 7.86. The fourth-order valence-electron chi connectivity index (χ4n) is 4.58. The molecule has 3 aromatic heterocycles. The third kappa shape index (κ3) is 3.68. The Morgan fingerprint density at radius 1 is 1.23 bits per heavy atom. The molecule has 0 radical (unpaired) electrons. The molecule has 31 heavy (non-hydrogen) atoms. The lowest BCUT2D eigenvalue weighted by molar-refractivity contribution is 0.388. The van der Waals surface area contributed by atoms with Crippen molar-refractivity contribution in [1.82, 2.24) is 24.6 Å². The zero-order valence-corrected chi connectivity index (χ0v) is 18.3. The highest BCUT2D eigenvalue weighted by Gasteiger charge is 2.20. The van der Waals surface area contributed by atoms with Crippen molar-refractivity contribution in [2.75, 3.05) is 20.6 Å². The number of aromatic hydroxyl groups is 1. The second-order valence-electron chi connectivity index (χ2n) is 8.92. The molecule has 1 aliphatic carbocycles. The highest BCUT2D eigenvalue weighted by molar-refractivity contribution is 5.99. The molecule has 0 saturated heterocycles. The number of hydrogen-bond donors (Lipinski definition) is 3. The number of fused-ring (bicyclic) bond motifs is 2. The number of aryl methyl sites for hydroxylation is 1. The quantitative estimate of drug-likeness (QED) is 0.420. The van der Waals surface area contributed by atoms with Gasteiger partial charge in [-0.15, -0.1) is 0 Å². The van der Waals surface area contributed by atoms with Crippen LogP contribution in [0.4, 0.5) is 0 Å². The van der Waals surface area contributed by atoms with Gasteiger partial charge in [-0.05, 0) is 75.3 Å². The van der Waals surface area contributed by atoms with Crippen molar-refractivity contribution in [2.24, 2.45) is 5.92 Å². The second-order valence-corrected chi connectivity index (χ2v) is 8.92. The van der Waals surface area contributed by atoms with Crippen molar-refractivity contribution >= 4 is 17.0 Å². The van der Waals surface area contributed by atoms with Gasteiger partial charge < -0.3 is 19.6 Å². The summed E-state index contributed by atoms with van der Waals surface area (Å²) in [7, 11) is 4.20. The van der Waals surface area contributed by atoms with E-state index >= 15 is 0 Å². The molecule has 1 aliphatic rings. The van der Waals surface area contributed by atoms with Crippen LogP contribution >= 0.6 is 0 Å². The summed E-state index contributed by atoms with van der Waals surface area (Å²) in [6.07, 6.45) is 10.6. The van der Waals surface area contributed by atoms with Gasteiger partial charge in [0.25, 0.3) is 0 Å². The summed E-state index contributed by atoms with van der Waals surface area (Å²) in [5, 5.41) is 18.8. The molecule has 6 nitrogen and oxygen atoms in total. The Balaban J connectivity index is 1.57. The lowest BCUT2D eigenvalue weighted by Crippen LogP contribution is -2.14. The first-order valence-electron chi connectivity index (χ1n) is 10.9. The van der Waals surface area contributed by atoms with Gasteiger partial charge in [0, 0.05) is 40.5 Å². The molecule has 0 fully saturated rings. The predicted molar refractivity (Wildman–Crippen MR) is 126 cm³/mol. The van der Waals surface area contributed by atoms with Gasteiger partial charge in [-0.25, -0.2) is 0 Å². The molecule has 4 aromatic rings. The highest BCUT2D eigenvalue weighted by atomic mass is 16.3. The molecule has 5 rings (SSSR count). The molecule has 3 N–H and O–H groups in total. The maximum atomic E-state index is 10.2. The predicted octanol–water partition coefficient (Wildman–Crippen LogP) is 4.89. The molecule has 160 valence electrons. The van der Waals surface area contributed by atoms with Crippen molar-refractivity contribution in [2.45, 2.75) is 26.3 Å². The van der Waals surface area contributed by atoms with Crippen molar-refractivity contribution < 1.29 is 5.11 Å². The number of H-pyrrole nitrogens is 2. The van der Waals surface area contributed by atoms with Gasteiger partial charge in [0.2, 0.25) is 0 Å². The minimum Gasteiger partial charge on any atom is -0.508 e. The lowest BCUT2D eigenvalue weighted by Gasteiger charge is -2.10. The Hall–Kier alpha value is -3.25. The molecular formula is C25H29N5O. The number of allylic oxidation sites excluding steroid dienone is 1. The average molecular weight is 416 g/mol. The monoisotopic (exact) mass is 415 g/mol. The molecule has 0 saturated carbocycles. The molecule has 0 aliphatic heterocycles. The zero-order valence-electron chi connectivity index (χ0n) is 18.3. The van der Waals surface area contributed by atoms with Crippen LogP contribution in [0.1, 0.15) is 24.6 Å². The Bertz CT molecular complexity index is 1260. The molecule has 3 heterocycles. The van der Waals surface area contributed by atoms with Crippen LogP contribution in [-0.2, 0) is 13.0 Å². The molecule has 0 bridgehead atoms. The molecular weight excluding hydrogens is 386 g/mol. The third-order valence-electron chi connectivity index (χ3n) is 6.14. The van der Waals surface area contributed by atoms with Gasteiger partial charge in [-0.1, -0.05) is 13.0 Å². The van der Waals surface area contributed by atoms with E-state index in [4.69, 9.17) is 0 Å². The van der Waals surface area contributed by atoms with E-state index in [0.717, 1.165) is 59.3 Å². The third-order valence-corrected chi connectivity index (χ3v) is 6.14. The number of nitrogens with zero attached hydrogens (tertiary/aromatic N) is 3. The van der Waals surface area contributed by atoms with Gasteiger partial charge in [0.1, 0.15) is 5.75 Å². The van der Waals surface area contributed by atoms with Crippen LogP contribution in [0.15, 0.2) is 42.7 Å². The van der Waals surface area contributed by atoms with Crippen LogP contribution in [-0.4, -0.2) is 50.4 Å². The van der Waals surface area contributed by atoms with Gasteiger partial charge in [-0.3, -0.25) is 5.10 Å². The smallest absolute Gasteiger partial charge is 0.116 e. The summed E-state index contributed by atoms with van der Waals surface area (Å²) in [5.41, 5.74) is 7.79. The highest BCUT2D eigenvalue weighted by Crippen LogP contribution is 2.38. The molecule has 0 spiro atoms. The Labute approximate surface area is 182 Å². The van der Waals surface area contributed by atoms with E-state index in [1.165, 1.54) is 11.3 Å². The summed E-state index contributed by atoms with van der Waals surface area (Å²) in [5.74, 6) is 0.833. The van der Waals surface area contributed by atoms with E-state index in [9.17, 15) is 5.11 Å². The van der Waals surface area contributed by atoms with Crippen LogP contribution < -0.4 is 0 Å². The molecule has 0 amide bonds. The second kappa shape index (κ2) is 7.78. The number of benzene rings is 1. The molecule has 1 atom stereocenters. The number of nitrogens with one attached hydrogen (secondary N) is 2. The van der Waals surface area contributed by atoms with E-state index < -0.39 is 0 Å². The Kier molecular flexibility index (Phi) is 4.94. The standard InChI is InChI=1S/C25H29N5O/c1-16-5-7-22-17(11-16)12-23(27-22)25-20(14-26-28-25)21-15-30(10-4-9-29(2)3)24-8-6-18(31)13-19(21)24/h5-8,12-16,27,31H,4,9-11H2,1-3H3,(H,26,28). The van der Waals surface area contributed by atoms with Crippen molar-refractivity contribution in [3.63, 3.8) is 0 Å². The minimum absolute atomic E-state index is 0.277. The lowest BCUT2D eigenvalue weighted by atomic mass is 9.95. The van der Waals surface area contributed by atoms with Gasteiger partial charge in [0.05, 0.1) is 17.6 Å². The van der Waals surface area contributed by atoms with E-state index in [1.54, 1.807) is 6.07 Å². The maximum absolute atomic E-state index is 10.2. The van der Waals surface area contributed by atoms with E-state index in [1.807, 2.05) is 18.3 Å². The molecule has 1 unspecified atom stereocenters. The molecule has 6 heteroatoms. The fourth-order valence-corrected chi connectivity index (χ4v) is 4.58. The summed E-state index contributed by atoms with van der Waals surface area (Å²) < 4.78 is 2.29. The van der Waals surface area contributed by atoms with Crippen LogP contribution in [0.2, 0.25) is 0 Å². The first kappa shape index (κ1) is 19.7. The summed E-state index contributed by atoms with van der Waals surface area (Å²) in [6.45, 7) is 4.20. The van der Waals surface area contributed by atoms with E-state index in [2.05, 4.69) is 70.1 Å². The maximum Gasteiger partial charge on any atom is 0.116 e. The minimum atomic E-state index is 0.277. The first-order valence-corrected chi connectivity index (χ1v) is 10.9. The van der Waals surface area contributed by atoms with Gasteiger partial charge >= 0.3 is 0 Å². The number of rotatable bonds is 6. The van der Waals surface area contributed by atoms with Crippen LogP contribution in [0, 0.1) is 5.92 Å². The topological polar surface area (TPSA) is 72.9 Å². The summed E-state index contributed by atoms with van der Waals surface area (Å²) in [4.78, 5) is 5.76. The Morgan fingerprint density at radius 3 is 2.94 bits per heavy atom. The zero-order chi connectivity index (χ0) is 21.5. The number of hydrogen-bond acceptors (Lipinski definition) is 3. The van der Waals surface area contributed by atoms with Crippen LogP contribution in [0.5, 0.6) is 5.75 Å². The summed E-state index contributed by atoms with van der Waals surface area (Å²) >= 11 is 0. The van der Waals surface area contributed by atoms with E-state index in [0.29, 0.717) is 5.92 Å². The number of phenols is 1.